The smallest absolute Gasteiger partial charge is 0.315 e. The van der Waals surface area contributed by atoms with Gasteiger partial charge in [0.2, 0.25) is 0 Å². The van der Waals surface area contributed by atoms with Crippen LogP contribution in [0.25, 0.3) is 0 Å². The summed E-state index contributed by atoms with van der Waals surface area (Å²) in [4.78, 5) is 14.9. The molecule has 1 aliphatic carbocycles. The van der Waals surface area contributed by atoms with Crippen molar-refractivity contribution in [3.05, 3.63) is 0 Å². The van der Waals surface area contributed by atoms with Crippen LogP contribution in [-0.2, 0) is 0 Å². The van der Waals surface area contributed by atoms with Crippen LogP contribution in [0.3, 0.4) is 0 Å². The molecular formula is C18H35N3O2. The van der Waals surface area contributed by atoms with E-state index in [4.69, 9.17) is 5.11 Å². The highest BCUT2D eigenvalue weighted by molar-refractivity contribution is 5.75. The van der Waals surface area contributed by atoms with Crippen molar-refractivity contribution in [1.82, 2.24) is 15.5 Å². The van der Waals surface area contributed by atoms with Gasteiger partial charge in [0.15, 0.2) is 0 Å². The molecule has 2 fully saturated rings. The topological polar surface area (TPSA) is 64.6 Å². The van der Waals surface area contributed by atoms with Crippen LogP contribution in [0.1, 0.15) is 71.6 Å². The Morgan fingerprint density at radius 1 is 1.22 bits per heavy atom. The van der Waals surface area contributed by atoms with Crippen LogP contribution in [0.15, 0.2) is 0 Å². The fourth-order valence-electron chi connectivity index (χ4n) is 3.97. The molecule has 2 amide bonds. The van der Waals surface area contributed by atoms with Crippen molar-refractivity contribution < 1.29 is 9.90 Å². The second kappa shape index (κ2) is 8.88. The molecule has 0 aromatic heterocycles. The van der Waals surface area contributed by atoms with Gasteiger partial charge in [-0.1, -0.05) is 26.2 Å². The summed E-state index contributed by atoms with van der Waals surface area (Å²) in [7, 11) is 0. The molecule has 0 spiro atoms. The number of aliphatic hydroxyl groups is 1. The molecule has 0 aromatic carbocycles. The lowest BCUT2D eigenvalue weighted by molar-refractivity contribution is 0.111. The van der Waals surface area contributed by atoms with E-state index in [1.165, 1.54) is 45.1 Å². The minimum absolute atomic E-state index is 0.0849. The fraction of sp³-hybridized carbons (Fsp3) is 0.944. The lowest BCUT2D eigenvalue weighted by Gasteiger charge is -2.40. The molecule has 1 saturated carbocycles. The highest BCUT2D eigenvalue weighted by atomic mass is 16.3. The van der Waals surface area contributed by atoms with E-state index in [-0.39, 0.29) is 24.2 Å². The number of piperidine rings is 1. The predicted molar refractivity (Wildman–Crippen MR) is 93.5 cm³/mol. The summed E-state index contributed by atoms with van der Waals surface area (Å²) in [5.41, 5.74) is -0.323. The number of carbonyl (C=O) groups is 1. The number of hydrogen-bond donors (Lipinski definition) is 3. The van der Waals surface area contributed by atoms with Crippen LogP contribution in [0, 0.1) is 0 Å². The summed E-state index contributed by atoms with van der Waals surface area (Å²) in [6.45, 7) is 6.31. The SMILES string of the molecule is CCC(C)(CCO)NC(=O)NC1CCCN(C2CCCCC2)C1. The monoisotopic (exact) mass is 325 g/mol. The van der Waals surface area contributed by atoms with Gasteiger partial charge in [-0.2, -0.15) is 0 Å². The first-order valence-electron chi connectivity index (χ1n) is 9.50. The van der Waals surface area contributed by atoms with Crippen molar-refractivity contribution >= 4 is 6.03 Å². The maximum absolute atomic E-state index is 12.3. The van der Waals surface area contributed by atoms with Crippen LogP contribution in [0.2, 0.25) is 0 Å². The molecule has 0 aromatic rings. The fourth-order valence-corrected chi connectivity index (χ4v) is 3.97. The second-order valence-corrected chi connectivity index (χ2v) is 7.61. The largest absolute Gasteiger partial charge is 0.396 e. The molecule has 0 bridgehead atoms. The van der Waals surface area contributed by atoms with E-state index < -0.39 is 0 Å². The number of carbonyl (C=O) groups excluding carboxylic acids is 1. The van der Waals surface area contributed by atoms with Crippen molar-refractivity contribution in [3.8, 4) is 0 Å². The molecule has 134 valence electrons. The van der Waals surface area contributed by atoms with Crippen LogP contribution in [0.5, 0.6) is 0 Å². The first-order valence-corrected chi connectivity index (χ1v) is 9.50. The van der Waals surface area contributed by atoms with Gasteiger partial charge in [-0.25, -0.2) is 4.79 Å². The first kappa shape index (κ1) is 18.5. The zero-order valence-corrected chi connectivity index (χ0v) is 14.9. The van der Waals surface area contributed by atoms with Crippen LogP contribution in [0.4, 0.5) is 4.79 Å². The third kappa shape index (κ3) is 5.64. The van der Waals surface area contributed by atoms with E-state index >= 15 is 0 Å². The Hall–Kier alpha value is -0.810. The first-order chi connectivity index (χ1) is 11.1. The van der Waals surface area contributed by atoms with Crippen LogP contribution < -0.4 is 10.6 Å². The molecule has 2 aliphatic rings. The summed E-state index contributed by atoms with van der Waals surface area (Å²) >= 11 is 0. The second-order valence-electron chi connectivity index (χ2n) is 7.61. The van der Waals surface area contributed by atoms with Crippen molar-refractivity contribution in [2.24, 2.45) is 0 Å². The number of likely N-dealkylation sites (tertiary alicyclic amines) is 1. The third-order valence-electron chi connectivity index (χ3n) is 5.74. The number of nitrogens with zero attached hydrogens (tertiary/aromatic N) is 1. The average molecular weight is 325 g/mol. The molecule has 23 heavy (non-hydrogen) atoms. The number of rotatable bonds is 6. The molecule has 2 rings (SSSR count). The molecule has 1 aliphatic heterocycles. The van der Waals surface area contributed by atoms with E-state index in [2.05, 4.69) is 15.5 Å². The molecule has 5 heteroatoms. The van der Waals surface area contributed by atoms with Gasteiger partial charge in [-0.3, -0.25) is 4.90 Å². The average Bonchev–Trinajstić information content (AvgIpc) is 2.56. The number of urea groups is 1. The summed E-state index contributed by atoms with van der Waals surface area (Å²) in [6, 6.07) is 0.894. The summed E-state index contributed by atoms with van der Waals surface area (Å²) in [5, 5.41) is 15.4. The number of aliphatic hydroxyl groups excluding tert-OH is 1. The van der Waals surface area contributed by atoms with Gasteiger partial charge in [-0.05, 0) is 52.0 Å². The Balaban J connectivity index is 1.80. The van der Waals surface area contributed by atoms with Gasteiger partial charge in [-0.15, -0.1) is 0 Å². The van der Waals surface area contributed by atoms with Gasteiger partial charge in [0.25, 0.3) is 0 Å². The Morgan fingerprint density at radius 3 is 2.61 bits per heavy atom. The number of amides is 2. The molecule has 1 saturated heterocycles. The minimum atomic E-state index is -0.323. The highest BCUT2D eigenvalue weighted by Gasteiger charge is 2.29. The maximum Gasteiger partial charge on any atom is 0.315 e. The summed E-state index contributed by atoms with van der Waals surface area (Å²) < 4.78 is 0. The van der Waals surface area contributed by atoms with Gasteiger partial charge in [0.05, 0.1) is 0 Å². The Morgan fingerprint density at radius 2 is 1.96 bits per heavy atom. The number of hydrogen-bond acceptors (Lipinski definition) is 3. The van der Waals surface area contributed by atoms with Crippen LogP contribution in [-0.4, -0.2) is 53.4 Å². The lowest BCUT2D eigenvalue weighted by atomic mass is 9.92. The standard InChI is InChI=1S/C18H35N3O2/c1-3-18(2,11-13-22)20-17(23)19-15-8-7-12-21(14-15)16-9-5-4-6-10-16/h15-16,22H,3-14H2,1-2H3,(H2,19,20,23). The van der Waals surface area contributed by atoms with Gasteiger partial charge in [0, 0.05) is 30.8 Å². The van der Waals surface area contributed by atoms with E-state index in [1.807, 2.05) is 13.8 Å². The zero-order valence-electron chi connectivity index (χ0n) is 14.9. The van der Waals surface area contributed by atoms with Crippen molar-refractivity contribution in [3.63, 3.8) is 0 Å². The molecule has 5 nitrogen and oxygen atoms in total. The normalized spacial score (nSPS) is 26.5. The van der Waals surface area contributed by atoms with Gasteiger partial charge in [0.1, 0.15) is 0 Å². The Kier molecular flexibility index (Phi) is 7.15. The Labute approximate surface area is 141 Å². The highest BCUT2D eigenvalue weighted by Crippen LogP contribution is 2.25. The third-order valence-corrected chi connectivity index (χ3v) is 5.74. The number of nitrogens with one attached hydrogen (secondary N) is 2. The lowest BCUT2D eigenvalue weighted by Crippen LogP contribution is -2.56. The molecule has 3 N–H and O–H groups in total. The summed E-state index contributed by atoms with van der Waals surface area (Å²) in [6.07, 6.45) is 10.4. The van der Waals surface area contributed by atoms with E-state index in [0.29, 0.717) is 6.42 Å². The van der Waals surface area contributed by atoms with Crippen molar-refractivity contribution in [1.29, 1.82) is 0 Å². The van der Waals surface area contributed by atoms with E-state index in [0.717, 1.165) is 25.4 Å². The van der Waals surface area contributed by atoms with Crippen molar-refractivity contribution in [2.45, 2.75) is 89.3 Å². The van der Waals surface area contributed by atoms with E-state index in [1.54, 1.807) is 0 Å². The van der Waals surface area contributed by atoms with Gasteiger partial charge < -0.3 is 15.7 Å². The minimum Gasteiger partial charge on any atom is -0.396 e. The predicted octanol–water partition coefficient (Wildman–Crippen LogP) is 2.63. The van der Waals surface area contributed by atoms with Gasteiger partial charge >= 0.3 is 6.03 Å². The molecule has 2 unspecified atom stereocenters. The quantitative estimate of drug-likeness (QED) is 0.703. The molecular weight excluding hydrogens is 290 g/mol. The zero-order chi connectivity index (χ0) is 16.7. The molecule has 1 heterocycles. The van der Waals surface area contributed by atoms with E-state index in [9.17, 15) is 4.79 Å². The molecule has 2 atom stereocenters. The van der Waals surface area contributed by atoms with Crippen molar-refractivity contribution in [2.75, 3.05) is 19.7 Å². The maximum atomic E-state index is 12.3. The van der Waals surface area contributed by atoms with Crippen LogP contribution >= 0.6 is 0 Å². The summed E-state index contributed by atoms with van der Waals surface area (Å²) in [5.74, 6) is 0. The molecule has 0 radical (unpaired) electrons. The Bertz CT molecular complexity index is 371.